The summed E-state index contributed by atoms with van der Waals surface area (Å²) in [5.74, 6) is 0. The molecule has 0 atom stereocenters. The summed E-state index contributed by atoms with van der Waals surface area (Å²) in [5, 5.41) is 0.742. The van der Waals surface area contributed by atoms with E-state index >= 15 is 0 Å². The van der Waals surface area contributed by atoms with Crippen LogP contribution in [0.5, 0.6) is 0 Å². The first-order chi connectivity index (χ1) is 8.09. The van der Waals surface area contributed by atoms with Crippen LogP contribution in [0.15, 0.2) is 18.2 Å². The van der Waals surface area contributed by atoms with Gasteiger partial charge in [-0.15, -0.1) is 0 Å². The molecule has 0 amide bonds. The van der Waals surface area contributed by atoms with Crippen molar-refractivity contribution in [3.8, 4) is 0 Å². The Morgan fingerprint density at radius 1 is 1.47 bits per heavy atom. The van der Waals surface area contributed by atoms with E-state index in [9.17, 15) is 0 Å². The molecule has 1 N–H and O–H groups in total. The molecule has 1 aromatic carbocycles. The standard InChI is InChI=1S/C13H15ClN2S/c1-13(6-3-7-13)8-16-10-5-2-4-9(14)11(10)15-12(16)17/h2,4-5H,3,6-8H2,1H3,(H,15,17). The highest BCUT2D eigenvalue weighted by Gasteiger charge is 2.32. The van der Waals surface area contributed by atoms with Gasteiger partial charge in [0.15, 0.2) is 4.77 Å². The third-order valence-electron chi connectivity index (χ3n) is 3.86. The molecule has 2 nitrogen and oxygen atoms in total. The Labute approximate surface area is 111 Å². The van der Waals surface area contributed by atoms with E-state index in [-0.39, 0.29) is 0 Å². The van der Waals surface area contributed by atoms with Crippen LogP contribution in [0.1, 0.15) is 26.2 Å². The number of rotatable bonds is 2. The zero-order valence-electron chi connectivity index (χ0n) is 9.79. The lowest BCUT2D eigenvalue weighted by molar-refractivity contribution is 0.133. The van der Waals surface area contributed by atoms with Crippen LogP contribution in [-0.4, -0.2) is 9.55 Å². The van der Waals surface area contributed by atoms with Crippen molar-refractivity contribution in [2.75, 3.05) is 0 Å². The van der Waals surface area contributed by atoms with Gasteiger partial charge in [-0.25, -0.2) is 0 Å². The lowest BCUT2D eigenvalue weighted by Crippen LogP contribution is -2.30. The Bertz CT molecular complexity index is 622. The normalized spacial score (nSPS) is 18.2. The second kappa shape index (κ2) is 3.85. The van der Waals surface area contributed by atoms with Crippen LogP contribution in [0.3, 0.4) is 0 Å². The predicted molar refractivity (Wildman–Crippen MR) is 74.1 cm³/mol. The molecule has 1 aliphatic carbocycles. The Kier molecular flexibility index (Phi) is 2.56. The fraction of sp³-hybridized carbons (Fsp3) is 0.462. The quantitative estimate of drug-likeness (QED) is 0.792. The maximum Gasteiger partial charge on any atom is 0.178 e. The first-order valence-corrected chi connectivity index (χ1v) is 6.75. The van der Waals surface area contributed by atoms with Crippen LogP contribution < -0.4 is 0 Å². The lowest BCUT2D eigenvalue weighted by atomic mass is 9.70. The number of benzene rings is 1. The molecule has 2 aromatic rings. The maximum atomic E-state index is 6.17. The second-order valence-corrected chi connectivity index (χ2v) is 6.11. The Hall–Kier alpha value is -0.800. The first-order valence-electron chi connectivity index (χ1n) is 5.96. The van der Waals surface area contributed by atoms with Gasteiger partial charge in [-0.2, -0.15) is 0 Å². The van der Waals surface area contributed by atoms with Crippen molar-refractivity contribution in [1.29, 1.82) is 0 Å². The largest absolute Gasteiger partial charge is 0.329 e. The zero-order chi connectivity index (χ0) is 12.0. The molecule has 1 fully saturated rings. The third-order valence-corrected chi connectivity index (χ3v) is 4.50. The van der Waals surface area contributed by atoms with Gasteiger partial charge in [0.2, 0.25) is 0 Å². The van der Waals surface area contributed by atoms with Crippen LogP contribution in [0, 0.1) is 10.2 Å². The summed E-state index contributed by atoms with van der Waals surface area (Å²) >= 11 is 11.6. The molecule has 0 radical (unpaired) electrons. The molecule has 1 aromatic heterocycles. The minimum atomic E-state index is 0.412. The minimum absolute atomic E-state index is 0.412. The molecule has 1 saturated carbocycles. The monoisotopic (exact) mass is 266 g/mol. The predicted octanol–water partition coefficient (Wildman–Crippen LogP) is 4.54. The number of nitrogens with one attached hydrogen (secondary N) is 1. The second-order valence-electron chi connectivity index (χ2n) is 5.31. The van der Waals surface area contributed by atoms with E-state index in [1.165, 1.54) is 19.3 Å². The van der Waals surface area contributed by atoms with Gasteiger partial charge in [0, 0.05) is 6.54 Å². The van der Waals surface area contributed by atoms with Crippen LogP contribution in [0.4, 0.5) is 0 Å². The Morgan fingerprint density at radius 2 is 2.24 bits per heavy atom. The van der Waals surface area contributed by atoms with Gasteiger partial charge < -0.3 is 9.55 Å². The van der Waals surface area contributed by atoms with Crippen LogP contribution in [0.25, 0.3) is 11.0 Å². The van der Waals surface area contributed by atoms with E-state index in [1.54, 1.807) is 0 Å². The number of aromatic nitrogens is 2. The minimum Gasteiger partial charge on any atom is -0.329 e. The van der Waals surface area contributed by atoms with E-state index in [4.69, 9.17) is 23.8 Å². The summed E-state index contributed by atoms with van der Waals surface area (Å²) < 4.78 is 2.97. The smallest absolute Gasteiger partial charge is 0.178 e. The summed E-state index contributed by atoms with van der Waals surface area (Å²) in [4.78, 5) is 3.21. The Morgan fingerprint density at radius 3 is 2.88 bits per heavy atom. The molecule has 3 rings (SSSR count). The maximum absolute atomic E-state index is 6.17. The van der Waals surface area contributed by atoms with Crippen molar-refractivity contribution in [2.24, 2.45) is 5.41 Å². The number of imidazole rings is 1. The first kappa shape index (κ1) is 11.3. The molecular formula is C13H15ClN2S. The number of halogens is 1. The van der Waals surface area contributed by atoms with E-state index in [2.05, 4.69) is 22.5 Å². The van der Waals surface area contributed by atoms with Crippen molar-refractivity contribution in [1.82, 2.24) is 9.55 Å². The van der Waals surface area contributed by atoms with Crippen molar-refractivity contribution in [3.63, 3.8) is 0 Å². The van der Waals surface area contributed by atoms with E-state index in [0.29, 0.717) is 5.41 Å². The van der Waals surface area contributed by atoms with Crippen LogP contribution in [-0.2, 0) is 6.54 Å². The highest BCUT2D eigenvalue weighted by atomic mass is 35.5. The van der Waals surface area contributed by atoms with Gasteiger partial charge in [0.1, 0.15) is 0 Å². The molecular weight excluding hydrogens is 252 g/mol. The average molecular weight is 267 g/mol. The van der Waals surface area contributed by atoms with E-state index in [0.717, 1.165) is 27.4 Å². The summed E-state index contributed by atoms with van der Waals surface area (Å²) in [6.07, 6.45) is 3.93. The molecule has 1 aliphatic rings. The molecule has 0 aliphatic heterocycles. The molecule has 0 saturated heterocycles. The van der Waals surface area contributed by atoms with E-state index < -0.39 is 0 Å². The van der Waals surface area contributed by atoms with Gasteiger partial charge in [-0.1, -0.05) is 31.0 Å². The third kappa shape index (κ3) is 1.81. The summed E-state index contributed by atoms with van der Waals surface area (Å²) in [6, 6.07) is 5.95. The van der Waals surface area contributed by atoms with Crippen molar-refractivity contribution in [3.05, 3.63) is 28.0 Å². The number of aromatic amines is 1. The van der Waals surface area contributed by atoms with Crippen LogP contribution >= 0.6 is 23.8 Å². The van der Waals surface area contributed by atoms with Crippen LogP contribution in [0.2, 0.25) is 5.02 Å². The van der Waals surface area contributed by atoms with Gasteiger partial charge >= 0.3 is 0 Å². The Balaban J connectivity index is 2.12. The van der Waals surface area contributed by atoms with Gasteiger partial charge in [0.25, 0.3) is 0 Å². The number of fused-ring (bicyclic) bond motifs is 1. The van der Waals surface area contributed by atoms with Crippen molar-refractivity contribution >= 4 is 34.9 Å². The fourth-order valence-electron chi connectivity index (χ4n) is 2.62. The van der Waals surface area contributed by atoms with Crippen molar-refractivity contribution in [2.45, 2.75) is 32.7 Å². The SMILES string of the molecule is CC1(Cn2c(=S)[nH]c3c(Cl)cccc32)CCC1. The summed E-state index contributed by atoms with van der Waals surface area (Å²) in [7, 11) is 0. The topological polar surface area (TPSA) is 20.7 Å². The molecule has 1 heterocycles. The highest BCUT2D eigenvalue weighted by Crippen LogP contribution is 2.42. The fourth-order valence-corrected chi connectivity index (χ4v) is 3.10. The number of H-pyrrole nitrogens is 1. The van der Waals surface area contributed by atoms with Crippen molar-refractivity contribution < 1.29 is 0 Å². The zero-order valence-corrected chi connectivity index (χ0v) is 11.4. The summed E-state index contributed by atoms with van der Waals surface area (Å²) in [5.41, 5.74) is 2.49. The average Bonchev–Trinajstić information content (AvgIpc) is 2.56. The van der Waals surface area contributed by atoms with E-state index in [1.807, 2.05) is 12.1 Å². The number of nitrogens with zero attached hydrogens (tertiary/aromatic N) is 1. The van der Waals surface area contributed by atoms with Gasteiger partial charge in [-0.3, -0.25) is 0 Å². The highest BCUT2D eigenvalue weighted by molar-refractivity contribution is 7.71. The number of hydrogen-bond donors (Lipinski definition) is 1. The molecule has 17 heavy (non-hydrogen) atoms. The summed E-state index contributed by atoms with van der Waals surface area (Å²) in [6.45, 7) is 3.33. The van der Waals surface area contributed by atoms with Gasteiger partial charge in [-0.05, 0) is 42.6 Å². The molecule has 0 unspecified atom stereocenters. The molecule has 0 spiro atoms. The lowest BCUT2D eigenvalue weighted by Gasteiger charge is -2.38. The number of para-hydroxylation sites is 1. The molecule has 90 valence electrons. The van der Waals surface area contributed by atoms with Gasteiger partial charge in [0.05, 0.1) is 16.1 Å². The molecule has 0 bridgehead atoms. The molecule has 4 heteroatoms. The number of hydrogen-bond acceptors (Lipinski definition) is 1.